The van der Waals surface area contributed by atoms with Crippen molar-refractivity contribution in [1.29, 1.82) is 0 Å². The van der Waals surface area contributed by atoms with Crippen molar-refractivity contribution in [2.75, 3.05) is 16.0 Å². The number of benzene rings is 3. The number of amides is 2. The minimum atomic E-state index is -4.54. The predicted octanol–water partition coefficient (Wildman–Crippen LogP) is 6.83. The van der Waals surface area contributed by atoms with Crippen molar-refractivity contribution in [3.63, 3.8) is 0 Å². The third-order valence-corrected chi connectivity index (χ3v) is 5.95. The fraction of sp³-hybridized carbons (Fsp3) is 0.0714. The number of anilines is 4. The van der Waals surface area contributed by atoms with E-state index in [1.165, 1.54) is 12.1 Å². The molecular formula is C28H21F3N4O2. The topological polar surface area (TPSA) is 86.0 Å². The van der Waals surface area contributed by atoms with E-state index in [0.29, 0.717) is 28.3 Å². The van der Waals surface area contributed by atoms with Gasteiger partial charge in [-0.25, -0.2) is 0 Å². The monoisotopic (exact) mass is 502 g/mol. The van der Waals surface area contributed by atoms with Gasteiger partial charge in [0.05, 0.1) is 16.8 Å². The molecule has 2 heterocycles. The van der Waals surface area contributed by atoms with Crippen molar-refractivity contribution in [3.05, 3.63) is 107 Å². The molecule has 0 aliphatic carbocycles. The molecule has 2 amide bonds. The van der Waals surface area contributed by atoms with E-state index in [4.69, 9.17) is 0 Å². The van der Waals surface area contributed by atoms with Gasteiger partial charge in [0.2, 0.25) is 0 Å². The molecule has 0 unspecified atom stereocenters. The third kappa shape index (κ3) is 5.11. The van der Waals surface area contributed by atoms with Crippen LogP contribution in [0.2, 0.25) is 0 Å². The summed E-state index contributed by atoms with van der Waals surface area (Å²) in [6, 6.07) is 18.7. The van der Waals surface area contributed by atoms with Gasteiger partial charge in [-0.3, -0.25) is 9.59 Å². The number of hydrogen-bond acceptors (Lipinski definition) is 3. The summed E-state index contributed by atoms with van der Waals surface area (Å²) < 4.78 is 39.0. The summed E-state index contributed by atoms with van der Waals surface area (Å²) in [5, 5.41) is 8.81. The van der Waals surface area contributed by atoms with E-state index in [2.05, 4.69) is 20.9 Å². The van der Waals surface area contributed by atoms with Crippen molar-refractivity contribution < 1.29 is 22.8 Å². The summed E-state index contributed by atoms with van der Waals surface area (Å²) in [5.74, 6) is -0.847. The van der Waals surface area contributed by atoms with Gasteiger partial charge in [-0.1, -0.05) is 18.2 Å². The molecule has 0 fully saturated rings. The van der Waals surface area contributed by atoms with Gasteiger partial charge < -0.3 is 20.9 Å². The van der Waals surface area contributed by atoms with Crippen LogP contribution in [-0.4, -0.2) is 16.8 Å². The van der Waals surface area contributed by atoms with Gasteiger partial charge in [-0.15, -0.1) is 0 Å². The molecule has 5 rings (SSSR count). The van der Waals surface area contributed by atoms with Gasteiger partial charge in [0.1, 0.15) is 0 Å². The molecular weight excluding hydrogens is 481 g/mol. The van der Waals surface area contributed by atoms with Crippen LogP contribution >= 0.6 is 0 Å². The minimum absolute atomic E-state index is 0.0949. The highest BCUT2D eigenvalue weighted by Gasteiger charge is 2.31. The molecule has 37 heavy (non-hydrogen) atoms. The molecule has 6 nitrogen and oxygen atoms in total. The summed E-state index contributed by atoms with van der Waals surface area (Å²) in [4.78, 5) is 28.2. The summed E-state index contributed by atoms with van der Waals surface area (Å²) in [5.41, 5.74) is 4.54. The Morgan fingerprint density at radius 2 is 1.76 bits per heavy atom. The molecule has 4 N–H and O–H groups in total. The highest BCUT2D eigenvalue weighted by Crippen LogP contribution is 2.36. The largest absolute Gasteiger partial charge is 0.416 e. The van der Waals surface area contributed by atoms with E-state index in [-0.39, 0.29) is 11.5 Å². The number of halogens is 3. The molecule has 0 saturated carbocycles. The second-order valence-corrected chi connectivity index (χ2v) is 8.59. The lowest BCUT2D eigenvalue weighted by atomic mass is 10.1. The van der Waals surface area contributed by atoms with E-state index < -0.39 is 17.6 Å². The number of aromatic amines is 1. The maximum Gasteiger partial charge on any atom is 0.416 e. The Kier molecular flexibility index (Phi) is 6.04. The number of hydrogen-bond donors (Lipinski definition) is 4. The van der Waals surface area contributed by atoms with E-state index in [1.54, 1.807) is 30.5 Å². The number of rotatable bonds is 5. The zero-order valence-electron chi connectivity index (χ0n) is 19.5. The first-order valence-electron chi connectivity index (χ1n) is 11.3. The summed E-state index contributed by atoms with van der Waals surface area (Å²) in [6.45, 7) is 1.88. The molecule has 186 valence electrons. The maximum atomic E-state index is 13.0. The molecule has 1 aliphatic heterocycles. The maximum absolute atomic E-state index is 13.0. The number of fused-ring (bicyclic) bond motifs is 1. The van der Waals surface area contributed by atoms with Gasteiger partial charge in [0.15, 0.2) is 0 Å². The zero-order valence-corrected chi connectivity index (χ0v) is 19.5. The number of H-pyrrole nitrogens is 1. The van der Waals surface area contributed by atoms with E-state index >= 15 is 0 Å². The van der Waals surface area contributed by atoms with Crippen LogP contribution in [0.15, 0.2) is 79.0 Å². The highest BCUT2D eigenvalue weighted by molar-refractivity contribution is 6.35. The van der Waals surface area contributed by atoms with Gasteiger partial charge in [0.25, 0.3) is 11.8 Å². The number of aromatic nitrogens is 1. The van der Waals surface area contributed by atoms with Crippen LogP contribution in [0.1, 0.15) is 32.7 Å². The van der Waals surface area contributed by atoms with Crippen molar-refractivity contribution in [2.45, 2.75) is 13.1 Å². The smallest absolute Gasteiger partial charge is 0.362 e. The Hall–Kier alpha value is -4.79. The number of nitrogens with one attached hydrogen (secondary N) is 4. The molecule has 1 aromatic heterocycles. The fourth-order valence-electron chi connectivity index (χ4n) is 4.04. The number of carbonyl (C=O) groups is 2. The second kappa shape index (κ2) is 9.34. The first-order valence-corrected chi connectivity index (χ1v) is 11.3. The SMILES string of the molecule is Cc1ccc(NC(=O)c2cccc(C(F)(F)F)c2)cc1Nc1ccc2c(c1)NC(=O)C2=Cc1ccc[nH]1. The zero-order chi connectivity index (χ0) is 26.2. The Morgan fingerprint density at radius 3 is 2.51 bits per heavy atom. The Morgan fingerprint density at radius 1 is 0.946 bits per heavy atom. The molecule has 4 aromatic rings. The average molecular weight is 502 g/mol. The minimum Gasteiger partial charge on any atom is -0.362 e. The number of carbonyl (C=O) groups excluding carboxylic acids is 2. The van der Waals surface area contributed by atoms with Gasteiger partial charge in [-0.2, -0.15) is 13.2 Å². The van der Waals surface area contributed by atoms with Crippen LogP contribution in [0.4, 0.5) is 35.9 Å². The molecule has 0 atom stereocenters. The van der Waals surface area contributed by atoms with Crippen LogP contribution < -0.4 is 16.0 Å². The molecule has 0 spiro atoms. The van der Waals surface area contributed by atoms with Crippen LogP contribution in [0, 0.1) is 6.92 Å². The van der Waals surface area contributed by atoms with Crippen LogP contribution in [0.5, 0.6) is 0 Å². The predicted molar refractivity (Wildman–Crippen MR) is 138 cm³/mol. The second-order valence-electron chi connectivity index (χ2n) is 8.59. The average Bonchev–Trinajstić information content (AvgIpc) is 3.48. The molecule has 9 heteroatoms. The van der Waals surface area contributed by atoms with Crippen LogP contribution in [0.25, 0.3) is 11.6 Å². The van der Waals surface area contributed by atoms with Gasteiger partial charge in [0, 0.05) is 40.1 Å². The highest BCUT2D eigenvalue weighted by atomic mass is 19.4. The van der Waals surface area contributed by atoms with Crippen molar-refractivity contribution >= 4 is 46.2 Å². The molecule has 0 radical (unpaired) electrons. The van der Waals surface area contributed by atoms with E-state index in [0.717, 1.165) is 29.0 Å². The number of alkyl halides is 3. The molecule has 3 aromatic carbocycles. The quantitative estimate of drug-likeness (QED) is 0.226. The lowest BCUT2D eigenvalue weighted by Crippen LogP contribution is -2.14. The Bertz CT molecular complexity index is 1540. The van der Waals surface area contributed by atoms with Crippen molar-refractivity contribution in [2.24, 2.45) is 0 Å². The fourth-order valence-corrected chi connectivity index (χ4v) is 4.04. The van der Waals surface area contributed by atoms with Crippen LogP contribution in [-0.2, 0) is 11.0 Å². The number of aryl methyl sites for hydroxylation is 1. The van der Waals surface area contributed by atoms with Crippen molar-refractivity contribution in [1.82, 2.24) is 4.98 Å². The molecule has 0 bridgehead atoms. The Balaban J connectivity index is 1.35. The molecule has 0 saturated heterocycles. The lowest BCUT2D eigenvalue weighted by Gasteiger charge is -2.14. The normalized spacial score (nSPS) is 13.8. The van der Waals surface area contributed by atoms with Gasteiger partial charge in [-0.05, 0) is 73.2 Å². The first kappa shape index (κ1) is 23.9. The van der Waals surface area contributed by atoms with E-state index in [1.807, 2.05) is 37.3 Å². The van der Waals surface area contributed by atoms with Crippen LogP contribution in [0.3, 0.4) is 0 Å². The lowest BCUT2D eigenvalue weighted by molar-refractivity contribution is -0.137. The Labute approximate surface area is 210 Å². The molecule has 1 aliphatic rings. The summed E-state index contributed by atoms with van der Waals surface area (Å²) >= 11 is 0. The third-order valence-electron chi connectivity index (χ3n) is 5.95. The summed E-state index contributed by atoms with van der Waals surface area (Å²) in [6.07, 6.45) is -0.967. The standard InChI is InChI=1S/C28H21F3N4O2/c1-16-7-8-21(34-26(36)17-4-2-5-18(12-17)28(29,30)31)14-24(16)33-20-9-10-22-23(13-19-6-3-11-32-19)27(37)35-25(22)15-20/h2-15,32-33H,1H3,(H,34,36)(H,35,37). The van der Waals surface area contributed by atoms with Gasteiger partial charge >= 0.3 is 6.18 Å². The van der Waals surface area contributed by atoms with Crippen molar-refractivity contribution in [3.8, 4) is 0 Å². The van der Waals surface area contributed by atoms with E-state index in [9.17, 15) is 22.8 Å². The first-order chi connectivity index (χ1) is 17.7. The summed E-state index contributed by atoms with van der Waals surface area (Å²) in [7, 11) is 0.